The molecule has 4 heteroatoms. The number of rotatable bonds is 5. The van der Waals surface area contributed by atoms with Crippen LogP contribution in [0.15, 0.2) is 35.8 Å². The van der Waals surface area contributed by atoms with Gasteiger partial charge in [0.1, 0.15) is 0 Å². The molecule has 0 radical (unpaired) electrons. The summed E-state index contributed by atoms with van der Waals surface area (Å²) in [7, 11) is 2.02. The first-order chi connectivity index (χ1) is 9.85. The van der Waals surface area contributed by atoms with Crippen molar-refractivity contribution in [2.75, 3.05) is 0 Å². The van der Waals surface area contributed by atoms with E-state index in [4.69, 9.17) is 0 Å². The van der Waals surface area contributed by atoms with Gasteiger partial charge in [-0.15, -0.1) is 11.3 Å². The van der Waals surface area contributed by atoms with E-state index in [1.54, 1.807) is 11.3 Å². The SMILES string of the molecule is Cn1cccc1CN(Cc1cccs1)C(=O)CC(C)(C)C. The zero-order valence-electron chi connectivity index (χ0n) is 13.3. The van der Waals surface area contributed by atoms with E-state index in [-0.39, 0.29) is 11.3 Å². The van der Waals surface area contributed by atoms with E-state index in [2.05, 4.69) is 42.9 Å². The molecule has 0 bridgehead atoms. The van der Waals surface area contributed by atoms with Crippen LogP contribution < -0.4 is 0 Å². The summed E-state index contributed by atoms with van der Waals surface area (Å²) in [5.41, 5.74) is 1.17. The van der Waals surface area contributed by atoms with Crippen LogP contribution in [0.25, 0.3) is 0 Å². The lowest BCUT2D eigenvalue weighted by molar-refractivity contribution is -0.134. The zero-order valence-corrected chi connectivity index (χ0v) is 14.1. The van der Waals surface area contributed by atoms with Crippen LogP contribution in [0.5, 0.6) is 0 Å². The second-order valence-corrected chi connectivity index (χ2v) is 7.71. The summed E-state index contributed by atoms with van der Waals surface area (Å²) in [4.78, 5) is 15.8. The van der Waals surface area contributed by atoms with Crippen LogP contribution in [0, 0.1) is 5.41 Å². The fraction of sp³-hybridized carbons (Fsp3) is 0.471. The lowest BCUT2D eigenvalue weighted by Gasteiger charge is -2.26. The molecule has 2 heterocycles. The molecule has 0 aliphatic rings. The van der Waals surface area contributed by atoms with Gasteiger partial charge in [-0.05, 0) is 29.0 Å². The Morgan fingerprint density at radius 3 is 2.52 bits per heavy atom. The summed E-state index contributed by atoms with van der Waals surface area (Å²) in [6.07, 6.45) is 2.59. The molecule has 0 aliphatic heterocycles. The van der Waals surface area contributed by atoms with Crippen molar-refractivity contribution in [2.24, 2.45) is 12.5 Å². The zero-order chi connectivity index (χ0) is 15.5. The molecule has 0 aromatic carbocycles. The maximum atomic E-state index is 12.6. The van der Waals surface area contributed by atoms with Crippen LogP contribution in [-0.2, 0) is 24.9 Å². The minimum atomic E-state index is 0.0129. The molecule has 3 nitrogen and oxygen atoms in total. The van der Waals surface area contributed by atoms with E-state index in [9.17, 15) is 4.79 Å². The average Bonchev–Trinajstić information content (AvgIpc) is 2.99. The standard InChI is InChI=1S/C17H24N2OS/c1-17(2,3)11-16(20)19(13-15-8-6-10-21-15)12-14-7-5-9-18(14)4/h5-10H,11-13H2,1-4H3. The van der Waals surface area contributed by atoms with Crippen molar-refractivity contribution in [3.63, 3.8) is 0 Å². The third-order valence-electron chi connectivity index (χ3n) is 3.37. The summed E-state index contributed by atoms with van der Waals surface area (Å²) in [6.45, 7) is 7.68. The summed E-state index contributed by atoms with van der Waals surface area (Å²) in [5.74, 6) is 0.220. The lowest BCUT2D eigenvalue weighted by atomic mass is 9.91. The number of nitrogens with zero attached hydrogens (tertiary/aromatic N) is 2. The topological polar surface area (TPSA) is 25.2 Å². The molecule has 114 valence electrons. The van der Waals surface area contributed by atoms with Crippen LogP contribution in [0.3, 0.4) is 0 Å². The summed E-state index contributed by atoms with van der Waals surface area (Å²) in [5, 5.41) is 2.06. The summed E-state index contributed by atoms with van der Waals surface area (Å²) < 4.78 is 2.08. The van der Waals surface area contributed by atoms with Crippen molar-refractivity contribution < 1.29 is 4.79 Å². The first kappa shape index (κ1) is 15.8. The maximum Gasteiger partial charge on any atom is 0.223 e. The first-order valence-corrected chi connectivity index (χ1v) is 8.13. The van der Waals surface area contributed by atoms with Gasteiger partial charge in [-0.2, -0.15) is 0 Å². The van der Waals surface area contributed by atoms with Crippen LogP contribution >= 0.6 is 11.3 Å². The van der Waals surface area contributed by atoms with Crippen LogP contribution in [-0.4, -0.2) is 15.4 Å². The van der Waals surface area contributed by atoms with Crippen LogP contribution in [0.4, 0.5) is 0 Å². The Balaban J connectivity index is 2.13. The fourth-order valence-electron chi connectivity index (χ4n) is 2.24. The molecule has 1 amide bonds. The Labute approximate surface area is 131 Å². The number of carbonyl (C=O) groups is 1. The number of aryl methyl sites for hydroxylation is 1. The number of thiophene rings is 1. The highest BCUT2D eigenvalue weighted by Gasteiger charge is 2.22. The molecule has 2 aromatic heterocycles. The van der Waals surface area contributed by atoms with Crippen molar-refractivity contribution >= 4 is 17.2 Å². The smallest absolute Gasteiger partial charge is 0.223 e. The molecule has 0 spiro atoms. The second-order valence-electron chi connectivity index (χ2n) is 6.68. The van der Waals surface area contributed by atoms with Gasteiger partial charge in [0.2, 0.25) is 5.91 Å². The Kier molecular flexibility index (Phi) is 4.88. The maximum absolute atomic E-state index is 12.6. The highest BCUT2D eigenvalue weighted by molar-refractivity contribution is 7.09. The summed E-state index contributed by atoms with van der Waals surface area (Å²) >= 11 is 1.70. The molecule has 2 aromatic rings. The van der Waals surface area contributed by atoms with Gasteiger partial charge in [0.05, 0.1) is 13.1 Å². The Hall–Kier alpha value is -1.55. The fourth-order valence-corrected chi connectivity index (χ4v) is 2.96. The number of amides is 1. The molecule has 0 fully saturated rings. The molecule has 0 saturated carbocycles. The predicted octanol–water partition coefficient (Wildman–Crippen LogP) is 4.05. The summed E-state index contributed by atoms with van der Waals surface area (Å²) in [6, 6.07) is 8.22. The molecule has 0 unspecified atom stereocenters. The highest BCUT2D eigenvalue weighted by atomic mass is 32.1. The Bertz CT molecular complexity index is 578. The largest absolute Gasteiger partial charge is 0.353 e. The van der Waals surface area contributed by atoms with Gasteiger partial charge in [0, 0.05) is 30.2 Å². The van der Waals surface area contributed by atoms with Crippen molar-refractivity contribution in [1.29, 1.82) is 0 Å². The molecule has 0 N–H and O–H groups in total. The van der Waals surface area contributed by atoms with E-state index in [1.165, 1.54) is 4.88 Å². The normalized spacial score (nSPS) is 11.6. The molecule has 2 rings (SSSR count). The number of hydrogen-bond donors (Lipinski definition) is 0. The molecule has 0 aliphatic carbocycles. The van der Waals surface area contributed by atoms with Crippen molar-refractivity contribution in [3.8, 4) is 0 Å². The minimum absolute atomic E-state index is 0.0129. The highest BCUT2D eigenvalue weighted by Crippen LogP contribution is 2.22. The molecule has 0 saturated heterocycles. The third kappa shape index (κ3) is 4.74. The first-order valence-electron chi connectivity index (χ1n) is 7.25. The van der Waals surface area contributed by atoms with E-state index in [0.717, 1.165) is 5.69 Å². The van der Waals surface area contributed by atoms with E-state index < -0.39 is 0 Å². The van der Waals surface area contributed by atoms with Gasteiger partial charge < -0.3 is 9.47 Å². The van der Waals surface area contributed by atoms with Gasteiger partial charge in [-0.3, -0.25) is 4.79 Å². The van der Waals surface area contributed by atoms with E-state index in [0.29, 0.717) is 19.5 Å². The molecule has 21 heavy (non-hydrogen) atoms. The van der Waals surface area contributed by atoms with Gasteiger partial charge in [0.15, 0.2) is 0 Å². The minimum Gasteiger partial charge on any atom is -0.353 e. The van der Waals surface area contributed by atoms with E-state index >= 15 is 0 Å². The van der Waals surface area contributed by atoms with Gasteiger partial charge in [-0.1, -0.05) is 26.8 Å². The predicted molar refractivity (Wildman–Crippen MR) is 88.1 cm³/mol. The van der Waals surface area contributed by atoms with Crippen LogP contribution in [0.2, 0.25) is 0 Å². The second kappa shape index (κ2) is 6.48. The van der Waals surface area contributed by atoms with Gasteiger partial charge in [-0.25, -0.2) is 0 Å². The monoisotopic (exact) mass is 304 g/mol. The third-order valence-corrected chi connectivity index (χ3v) is 4.23. The molecule has 0 atom stereocenters. The van der Waals surface area contributed by atoms with E-state index in [1.807, 2.05) is 30.3 Å². The molecular weight excluding hydrogens is 280 g/mol. The van der Waals surface area contributed by atoms with Crippen LogP contribution in [0.1, 0.15) is 37.8 Å². The lowest BCUT2D eigenvalue weighted by Crippen LogP contribution is -2.33. The Morgan fingerprint density at radius 1 is 1.24 bits per heavy atom. The number of hydrogen-bond acceptors (Lipinski definition) is 2. The average molecular weight is 304 g/mol. The number of aromatic nitrogens is 1. The molecular formula is C17H24N2OS. The quantitative estimate of drug-likeness (QED) is 0.818. The Morgan fingerprint density at radius 2 is 2.00 bits per heavy atom. The number of carbonyl (C=O) groups excluding carboxylic acids is 1. The van der Waals surface area contributed by atoms with Crippen molar-refractivity contribution in [1.82, 2.24) is 9.47 Å². The van der Waals surface area contributed by atoms with Crippen molar-refractivity contribution in [2.45, 2.75) is 40.3 Å². The van der Waals surface area contributed by atoms with Gasteiger partial charge >= 0.3 is 0 Å². The van der Waals surface area contributed by atoms with Crippen molar-refractivity contribution in [3.05, 3.63) is 46.4 Å². The van der Waals surface area contributed by atoms with Gasteiger partial charge in [0.25, 0.3) is 0 Å².